The minimum Gasteiger partial charge on any atom is -0.299 e. The summed E-state index contributed by atoms with van der Waals surface area (Å²) >= 11 is 0. The normalized spacial score (nSPS) is 31.5. The highest BCUT2D eigenvalue weighted by Gasteiger charge is 2.34. The second-order valence-electron chi connectivity index (χ2n) is 6.04. The van der Waals surface area contributed by atoms with Gasteiger partial charge in [0.05, 0.1) is 12.0 Å². The zero-order valence-electron chi connectivity index (χ0n) is 12.1. The molecule has 98 valence electrons. The lowest BCUT2D eigenvalue weighted by Gasteiger charge is -2.42. The Kier molecular flexibility index (Phi) is 5.46. The Morgan fingerprint density at radius 3 is 2.41 bits per heavy atom. The molecular formula is C15H28N2. The maximum absolute atomic E-state index is 9.31. The smallest absolute Gasteiger partial charge is 0.0672 e. The standard InChI is InChI=1S/C15H28N2/c1-6-13-7-8-14(10-16)15(9-13)17(5)12(4)11(2)3/h11-15H,6-9H2,1-5H3. The second kappa shape index (κ2) is 6.40. The van der Waals surface area contributed by atoms with Crippen molar-refractivity contribution in [3.63, 3.8) is 0 Å². The molecule has 0 saturated heterocycles. The molecular weight excluding hydrogens is 208 g/mol. The van der Waals surface area contributed by atoms with E-state index in [1.807, 2.05) is 0 Å². The highest BCUT2D eigenvalue weighted by atomic mass is 15.2. The third kappa shape index (κ3) is 3.45. The quantitative estimate of drug-likeness (QED) is 0.744. The summed E-state index contributed by atoms with van der Waals surface area (Å²) in [6, 6.07) is 3.56. The lowest BCUT2D eigenvalue weighted by molar-refractivity contribution is 0.0741. The molecule has 0 radical (unpaired) electrons. The van der Waals surface area contributed by atoms with Gasteiger partial charge in [0.1, 0.15) is 0 Å². The molecule has 17 heavy (non-hydrogen) atoms. The minimum atomic E-state index is 0.240. The van der Waals surface area contributed by atoms with Crippen LogP contribution in [-0.4, -0.2) is 24.0 Å². The lowest BCUT2D eigenvalue weighted by atomic mass is 9.76. The lowest BCUT2D eigenvalue weighted by Crippen LogP contribution is -2.47. The second-order valence-corrected chi connectivity index (χ2v) is 6.04. The van der Waals surface area contributed by atoms with E-state index in [1.165, 1.54) is 19.3 Å². The summed E-state index contributed by atoms with van der Waals surface area (Å²) in [5.74, 6) is 1.72. The van der Waals surface area contributed by atoms with Gasteiger partial charge in [0, 0.05) is 12.1 Å². The van der Waals surface area contributed by atoms with Gasteiger partial charge >= 0.3 is 0 Å². The van der Waals surface area contributed by atoms with Crippen LogP contribution < -0.4 is 0 Å². The summed E-state index contributed by atoms with van der Waals surface area (Å²) in [6.45, 7) is 9.10. The number of nitrogens with zero attached hydrogens (tertiary/aromatic N) is 2. The van der Waals surface area contributed by atoms with E-state index in [4.69, 9.17) is 0 Å². The average molecular weight is 236 g/mol. The molecule has 4 unspecified atom stereocenters. The van der Waals surface area contributed by atoms with Crippen molar-refractivity contribution in [1.82, 2.24) is 4.90 Å². The molecule has 0 N–H and O–H groups in total. The van der Waals surface area contributed by atoms with Gasteiger partial charge in [-0.2, -0.15) is 5.26 Å². The first-order chi connectivity index (χ1) is 8.01. The van der Waals surface area contributed by atoms with Crippen molar-refractivity contribution in [2.45, 2.75) is 65.5 Å². The Morgan fingerprint density at radius 1 is 1.29 bits per heavy atom. The van der Waals surface area contributed by atoms with E-state index in [0.717, 1.165) is 12.3 Å². The highest BCUT2D eigenvalue weighted by Crippen LogP contribution is 2.34. The van der Waals surface area contributed by atoms with Crippen LogP contribution in [0, 0.1) is 29.1 Å². The van der Waals surface area contributed by atoms with E-state index in [0.29, 0.717) is 18.0 Å². The van der Waals surface area contributed by atoms with Crippen LogP contribution in [0.3, 0.4) is 0 Å². The molecule has 1 fully saturated rings. The summed E-state index contributed by atoms with van der Waals surface area (Å²) in [5, 5.41) is 9.31. The molecule has 2 nitrogen and oxygen atoms in total. The summed E-state index contributed by atoms with van der Waals surface area (Å²) < 4.78 is 0. The molecule has 0 amide bonds. The van der Waals surface area contributed by atoms with Gasteiger partial charge in [-0.3, -0.25) is 4.90 Å². The largest absolute Gasteiger partial charge is 0.299 e. The molecule has 1 saturated carbocycles. The van der Waals surface area contributed by atoms with E-state index in [9.17, 15) is 5.26 Å². The van der Waals surface area contributed by atoms with Gasteiger partial charge in [-0.25, -0.2) is 0 Å². The van der Waals surface area contributed by atoms with Gasteiger partial charge in [0.2, 0.25) is 0 Å². The molecule has 0 aromatic rings. The van der Waals surface area contributed by atoms with Crippen molar-refractivity contribution in [2.75, 3.05) is 7.05 Å². The van der Waals surface area contributed by atoms with Crippen molar-refractivity contribution in [3.8, 4) is 6.07 Å². The van der Waals surface area contributed by atoms with E-state index < -0.39 is 0 Å². The molecule has 1 aliphatic rings. The van der Waals surface area contributed by atoms with Crippen LogP contribution >= 0.6 is 0 Å². The van der Waals surface area contributed by atoms with Crippen LogP contribution in [0.5, 0.6) is 0 Å². The first kappa shape index (κ1) is 14.5. The van der Waals surface area contributed by atoms with E-state index in [1.54, 1.807) is 0 Å². The van der Waals surface area contributed by atoms with E-state index in [-0.39, 0.29) is 5.92 Å². The SMILES string of the molecule is CCC1CCC(C#N)C(N(C)C(C)C(C)C)C1. The van der Waals surface area contributed by atoms with Crippen molar-refractivity contribution >= 4 is 0 Å². The van der Waals surface area contributed by atoms with Crippen LogP contribution in [0.2, 0.25) is 0 Å². The maximum atomic E-state index is 9.31. The molecule has 0 aromatic heterocycles. The molecule has 1 aliphatic carbocycles. The van der Waals surface area contributed by atoms with Gasteiger partial charge in [-0.05, 0) is 45.1 Å². The molecule has 0 spiro atoms. The fraction of sp³-hybridized carbons (Fsp3) is 0.933. The minimum absolute atomic E-state index is 0.240. The fourth-order valence-corrected chi connectivity index (χ4v) is 2.98. The molecule has 2 heteroatoms. The summed E-state index contributed by atoms with van der Waals surface area (Å²) in [7, 11) is 2.21. The number of nitriles is 1. The monoisotopic (exact) mass is 236 g/mol. The first-order valence-electron chi connectivity index (χ1n) is 7.12. The average Bonchev–Trinajstić information content (AvgIpc) is 2.35. The van der Waals surface area contributed by atoms with Crippen molar-refractivity contribution in [3.05, 3.63) is 0 Å². The van der Waals surface area contributed by atoms with Crippen molar-refractivity contribution in [1.29, 1.82) is 5.26 Å². The number of rotatable bonds is 4. The Balaban J connectivity index is 2.72. The number of hydrogen-bond donors (Lipinski definition) is 0. The zero-order chi connectivity index (χ0) is 13.0. The fourth-order valence-electron chi connectivity index (χ4n) is 2.98. The molecule has 0 heterocycles. The Labute approximate surface area is 107 Å². The predicted octanol–water partition coefficient (Wildman–Crippen LogP) is 3.68. The Hall–Kier alpha value is -0.550. The van der Waals surface area contributed by atoms with Gasteiger partial charge in [0.15, 0.2) is 0 Å². The van der Waals surface area contributed by atoms with Crippen LogP contribution in [-0.2, 0) is 0 Å². The van der Waals surface area contributed by atoms with Gasteiger partial charge < -0.3 is 0 Å². The van der Waals surface area contributed by atoms with Crippen molar-refractivity contribution < 1.29 is 0 Å². The molecule has 0 aromatic carbocycles. The van der Waals surface area contributed by atoms with E-state index in [2.05, 4.69) is 45.7 Å². The van der Waals surface area contributed by atoms with Crippen molar-refractivity contribution in [2.24, 2.45) is 17.8 Å². The van der Waals surface area contributed by atoms with Crippen LogP contribution in [0.25, 0.3) is 0 Å². The Morgan fingerprint density at radius 2 is 1.94 bits per heavy atom. The van der Waals surface area contributed by atoms with Gasteiger partial charge in [-0.1, -0.05) is 27.2 Å². The predicted molar refractivity (Wildman–Crippen MR) is 72.6 cm³/mol. The zero-order valence-corrected chi connectivity index (χ0v) is 12.1. The van der Waals surface area contributed by atoms with Crippen LogP contribution in [0.1, 0.15) is 53.4 Å². The summed E-state index contributed by atoms with van der Waals surface area (Å²) in [4.78, 5) is 2.46. The summed E-state index contributed by atoms with van der Waals surface area (Å²) in [6.07, 6.45) is 4.81. The highest BCUT2D eigenvalue weighted by molar-refractivity contribution is 4.98. The maximum Gasteiger partial charge on any atom is 0.0672 e. The third-order valence-corrected chi connectivity index (χ3v) is 4.80. The summed E-state index contributed by atoms with van der Waals surface area (Å²) in [5.41, 5.74) is 0. The van der Waals surface area contributed by atoms with Gasteiger partial charge in [-0.15, -0.1) is 0 Å². The van der Waals surface area contributed by atoms with Gasteiger partial charge in [0.25, 0.3) is 0 Å². The third-order valence-electron chi connectivity index (χ3n) is 4.80. The molecule has 1 rings (SSSR count). The first-order valence-corrected chi connectivity index (χ1v) is 7.12. The number of hydrogen-bond acceptors (Lipinski definition) is 2. The van der Waals surface area contributed by atoms with Crippen LogP contribution in [0.4, 0.5) is 0 Å². The molecule has 0 aliphatic heterocycles. The molecule has 0 bridgehead atoms. The Bertz CT molecular complexity index is 267. The molecule has 4 atom stereocenters. The van der Waals surface area contributed by atoms with E-state index >= 15 is 0 Å². The van der Waals surface area contributed by atoms with Crippen LogP contribution in [0.15, 0.2) is 0 Å². The topological polar surface area (TPSA) is 27.0 Å².